The maximum atomic E-state index is 6.03. The molecule has 0 aliphatic rings. The minimum Gasteiger partial charge on any atom is -0.482 e. The number of nitrogens with zero attached hydrogens (tertiary/aromatic N) is 3. The van der Waals surface area contributed by atoms with Crippen LogP contribution in [-0.2, 0) is 6.61 Å². The average Bonchev–Trinajstić information content (AvgIpc) is 2.67. The highest BCUT2D eigenvalue weighted by molar-refractivity contribution is 5.84. The van der Waals surface area contributed by atoms with Crippen molar-refractivity contribution in [2.24, 2.45) is 0 Å². The van der Waals surface area contributed by atoms with E-state index in [9.17, 15) is 0 Å². The highest BCUT2D eigenvalue weighted by atomic mass is 16.5. The summed E-state index contributed by atoms with van der Waals surface area (Å²) in [6.07, 6.45) is 7.28. The first-order chi connectivity index (χ1) is 12.7. The zero-order chi connectivity index (χ0) is 18.4. The molecule has 26 heavy (non-hydrogen) atoms. The molecule has 0 amide bonds. The second-order valence-corrected chi connectivity index (χ2v) is 6.25. The van der Waals surface area contributed by atoms with Crippen LogP contribution in [0.1, 0.15) is 38.2 Å². The van der Waals surface area contributed by atoms with Gasteiger partial charge in [0.15, 0.2) is 17.4 Å². The van der Waals surface area contributed by atoms with E-state index in [0.717, 1.165) is 29.3 Å². The predicted octanol–water partition coefficient (Wildman–Crippen LogP) is 4.85. The molecule has 3 rings (SSSR count). The van der Waals surface area contributed by atoms with Crippen LogP contribution in [0.4, 0.5) is 5.82 Å². The number of rotatable bonds is 8. The number of pyridine rings is 1. The molecule has 0 aliphatic heterocycles. The molecular formula is C21H24N4O. The molecule has 2 heterocycles. The largest absolute Gasteiger partial charge is 0.482 e. The molecule has 0 aliphatic carbocycles. The Hall–Kier alpha value is -2.95. The zero-order valence-electron chi connectivity index (χ0n) is 15.3. The third kappa shape index (κ3) is 4.17. The van der Waals surface area contributed by atoms with E-state index in [1.807, 2.05) is 18.2 Å². The number of aromatic nitrogens is 3. The fraction of sp³-hybridized carbons (Fsp3) is 0.286. The fourth-order valence-corrected chi connectivity index (χ4v) is 2.87. The zero-order valence-corrected chi connectivity index (χ0v) is 15.3. The maximum Gasteiger partial charge on any atom is 0.180 e. The third-order valence-corrected chi connectivity index (χ3v) is 4.18. The number of hydrogen-bond donors (Lipinski definition) is 1. The first kappa shape index (κ1) is 17.9. The van der Waals surface area contributed by atoms with Gasteiger partial charge in [0.2, 0.25) is 0 Å². The van der Waals surface area contributed by atoms with Crippen molar-refractivity contribution in [1.82, 2.24) is 15.0 Å². The van der Waals surface area contributed by atoms with Crippen LogP contribution < -0.4 is 10.1 Å². The normalized spacial score (nSPS) is 11.9. The van der Waals surface area contributed by atoms with Crippen LogP contribution in [0.25, 0.3) is 16.8 Å². The van der Waals surface area contributed by atoms with E-state index < -0.39 is 0 Å². The molecule has 2 aromatic heterocycles. The van der Waals surface area contributed by atoms with Crippen LogP contribution in [0.5, 0.6) is 5.75 Å². The molecule has 5 nitrogen and oxygen atoms in total. The Morgan fingerprint density at radius 3 is 2.88 bits per heavy atom. The van der Waals surface area contributed by atoms with Gasteiger partial charge in [-0.2, -0.15) is 0 Å². The second-order valence-electron chi connectivity index (χ2n) is 6.25. The molecule has 134 valence electrons. The van der Waals surface area contributed by atoms with E-state index in [0.29, 0.717) is 30.0 Å². The Morgan fingerprint density at radius 2 is 2.08 bits per heavy atom. The third-order valence-electron chi connectivity index (χ3n) is 4.18. The number of nitrogens with one attached hydrogen (secondary N) is 1. The molecular weight excluding hydrogens is 324 g/mol. The quantitative estimate of drug-likeness (QED) is 0.631. The van der Waals surface area contributed by atoms with Gasteiger partial charge in [-0.05, 0) is 30.9 Å². The molecule has 0 saturated carbocycles. The lowest BCUT2D eigenvalue weighted by atomic mass is 10.1. The lowest BCUT2D eigenvalue weighted by molar-refractivity contribution is 0.301. The minimum atomic E-state index is 0.297. The molecule has 3 aromatic rings. The summed E-state index contributed by atoms with van der Waals surface area (Å²) in [7, 11) is 0. The molecule has 1 aromatic carbocycles. The van der Waals surface area contributed by atoms with Crippen molar-refractivity contribution < 1.29 is 4.74 Å². The van der Waals surface area contributed by atoms with Crippen LogP contribution in [0.3, 0.4) is 0 Å². The summed E-state index contributed by atoms with van der Waals surface area (Å²) >= 11 is 0. The summed E-state index contributed by atoms with van der Waals surface area (Å²) in [5, 5.41) is 5.65. The van der Waals surface area contributed by atoms with Gasteiger partial charge >= 0.3 is 0 Å². The molecule has 5 heteroatoms. The Balaban J connectivity index is 1.83. The monoisotopic (exact) mass is 348 g/mol. The number of ether oxygens (including phenoxy) is 1. The van der Waals surface area contributed by atoms with Gasteiger partial charge < -0.3 is 10.1 Å². The number of benzene rings is 1. The molecule has 0 radical (unpaired) electrons. The number of anilines is 1. The van der Waals surface area contributed by atoms with E-state index in [1.165, 1.54) is 0 Å². The molecule has 0 bridgehead atoms. The van der Waals surface area contributed by atoms with E-state index in [4.69, 9.17) is 4.74 Å². The van der Waals surface area contributed by atoms with Crippen molar-refractivity contribution >= 4 is 22.7 Å². The van der Waals surface area contributed by atoms with Crippen LogP contribution in [0, 0.1) is 0 Å². The van der Waals surface area contributed by atoms with Gasteiger partial charge in [0, 0.05) is 17.6 Å². The molecule has 0 fully saturated rings. The van der Waals surface area contributed by atoms with Crippen LogP contribution in [0.15, 0.2) is 49.3 Å². The van der Waals surface area contributed by atoms with Gasteiger partial charge in [-0.1, -0.05) is 44.2 Å². The van der Waals surface area contributed by atoms with Gasteiger partial charge in [0.05, 0.1) is 11.9 Å². The molecule has 0 spiro atoms. The van der Waals surface area contributed by atoms with Gasteiger partial charge in [0.25, 0.3) is 0 Å². The second kappa shape index (κ2) is 8.43. The van der Waals surface area contributed by atoms with Gasteiger partial charge in [-0.3, -0.25) is 4.98 Å². The lowest BCUT2D eigenvalue weighted by Gasteiger charge is -2.17. The van der Waals surface area contributed by atoms with Crippen LogP contribution in [0.2, 0.25) is 0 Å². The van der Waals surface area contributed by atoms with Crippen LogP contribution >= 0.6 is 0 Å². The highest BCUT2D eigenvalue weighted by Gasteiger charge is 2.12. The number of hydrogen-bond acceptors (Lipinski definition) is 5. The first-order valence-corrected chi connectivity index (χ1v) is 8.92. The SMILES string of the molecule is C=Cc1ncc(OCc2nccc3ccccc23)c(N[C@H](C)CCC)n1. The maximum absolute atomic E-state index is 6.03. The summed E-state index contributed by atoms with van der Waals surface area (Å²) in [6.45, 7) is 8.40. The first-order valence-electron chi connectivity index (χ1n) is 8.92. The predicted molar refractivity (Wildman–Crippen MR) is 106 cm³/mol. The van der Waals surface area contributed by atoms with E-state index >= 15 is 0 Å². The van der Waals surface area contributed by atoms with Crippen molar-refractivity contribution in [1.29, 1.82) is 0 Å². The smallest absolute Gasteiger partial charge is 0.180 e. The summed E-state index contributed by atoms with van der Waals surface area (Å²) in [4.78, 5) is 13.2. The topological polar surface area (TPSA) is 59.9 Å². The van der Waals surface area contributed by atoms with E-state index in [2.05, 4.69) is 52.8 Å². The van der Waals surface area contributed by atoms with Crippen molar-refractivity contribution in [2.75, 3.05) is 5.32 Å². The molecule has 0 unspecified atom stereocenters. The minimum absolute atomic E-state index is 0.297. The van der Waals surface area contributed by atoms with Gasteiger partial charge in [-0.25, -0.2) is 9.97 Å². The Bertz CT molecular complexity index is 889. The summed E-state index contributed by atoms with van der Waals surface area (Å²) in [6, 6.07) is 10.5. The standard InChI is InChI=1S/C21H24N4O/c1-4-8-15(3)24-21-19(13-23-20(5-2)25-21)26-14-18-17-10-7-6-9-16(17)11-12-22-18/h5-7,9-13,15H,2,4,8,14H2,1,3H3,(H,23,24,25)/t15-/m1/s1. The Kier molecular flexibility index (Phi) is 5.79. The molecule has 1 N–H and O–H groups in total. The highest BCUT2D eigenvalue weighted by Crippen LogP contribution is 2.25. The number of fused-ring (bicyclic) bond motifs is 1. The summed E-state index contributed by atoms with van der Waals surface area (Å²) in [5.74, 6) is 1.89. The van der Waals surface area contributed by atoms with Crippen molar-refractivity contribution in [3.8, 4) is 5.75 Å². The molecule has 1 atom stereocenters. The lowest BCUT2D eigenvalue weighted by Crippen LogP contribution is -2.17. The molecule has 0 saturated heterocycles. The Labute approximate surface area is 154 Å². The van der Waals surface area contributed by atoms with E-state index in [1.54, 1.807) is 18.5 Å². The van der Waals surface area contributed by atoms with Crippen molar-refractivity contribution in [2.45, 2.75) is 39.3 Å². The van der Waals surface area contributed by atoms with Crippen LogP contribution in [-0.4, -0.2) is 21.0 Å². The van der Waals surface area contributed by atoms with Crippen molar-refractivity contribution in [3.63, 3.8) is 0 Å². The van der Waals surface area contributed by atoms with E-state index in [-0.39, 0.29) is 0 Å². The van der Waals surface area contributed by atoms with Crippen molar-refractivity contribution in [3.05, 3.63) is 60.8 Å². The van der Waals surface area contributed by atoms with Gasteiger partial charge in [0.1, 0.15) is 6.61 Å². The Morgan fingerprint density at radius 1 is 1.23 bits per heavy atom. The summed E-state index contributed by atoms with van der Waals surface area (Å²) in [5.41, 5.74) is 0.892. The summed E-state index contributed by atoms with van der Waals surface area (Å²) < 4.78 is 6.03. The van der Waals surface area contributed by atoms with Gasteiger partial charge in [-0.15, -0.1) is 0 Å². The fourth-order valence-electron chi connectivity index (χ4n) is 2.87. The average molecular weight is 348 g/mol.